The molecule has 100 valence electrons. The first-order valence-electron chi connectivity index (χ1n) is 6.67. The molecule has 1 heterocycles. The van der Waals surface area contributed by atoms with Crippen molar-refractivity contribution in [2.24, 2.45) is 5.41 Å². The highest BCUT2D eigenvalue weighted by molar-refractivity contribution is 5.28. The zero-order chi connectivity index (χ0) is 13.0. The number of benzene rings is 1. The first kappa shape index (κ1) is 13.4. The summed E-state index contributed by atoms with van der Waals surface area (Å²) in [6.07, 6.45) is 0. The van der Waals surface area contributed by atoms with Gasteiger partial charge in [0, 0.05) is 18.0 Å². The molecule has 1 N–H and O–H groups in total. The van der Waals surface area contributed by atoms with Crippen LogP contribution in [0.5, 0.6) is 5.75 Å². The van der Waals surface area contributed by atoms with Crippen LogP contribution >= 0.6 is 0 Å². The Labute approximate surface area is 109 Å². The lowest BCUT2D eigenvalue weighted by molar-refractivity contribution is -0.0999. The Bertz CT molecular complexity index is 371. The first-order valence-corrected chi connectivity index (χ1v) is 6.67. The molecule has 3 nitrogen and oxygen atoms in total. The Balaban J connectivity index is 1.85. The van der Waals surface area contributed by atoms with Crippen LogP contribution in [0.4, 0.5) is 0 Å². The summed E-state index contributed by atoms with van der Waals surface area (Å²) in [7, 11) is 0. The minimum Gasteiger partial charge on any atom is -0.494 e. The van der Waals surface area contributed by atoms with Crippen LogP contribution in [-0.4, -0.2) is 26.4 Å². The lowest BCUT2D eigenvalue weighted by atomic mass is 9.88. The summed E-state index contributed by atoms with van der Waals surface area (Å²) in [6, 6.07) is 8.68. The van der Waals surface area contributed by atoms with E-state index in [1.54, 1.807) is 0 Å². The summed E-state index contributed by atoms with van der Waals surface area (Å²) < 4.78 is 10.7. The van der Waals surface area contributed by atoms with E-state index in [0.29, 0.717) is 18.1 Å². The fourth-order valence-electron chi connectivity index (χ4n) is 2.09. The van der Waals surface area contributed by atoms with Crippen molar-refractivity contribution < 1.29 is 9.47 Å². The SMILES string of the molecule is CCOc1ccc(C(C)NCC2(C)COC2)cc1. The summed E-state index contributed by atoms with van der Waals surface area (Å²) in [6.45, 7) is 9.91. The average molecular weight is 249 g/mol. The van der Waals surface area contributed by atoms with Crippen LogP contribution in [0.1, 0.15) is 32.4 Å². The van der Waals surface area contributed by atoms with Gasteiger partial charge in [0.1, 0.15) is 5.75 Å². The number of ether oxygens (including phenoxy) is 2. The van der Waals surface area contributed by atoms with Gasteiger partial charge in [-0.25, -0.2) is 0 Å². The highest BCUT2D eigenvalue weighted by Gasteiger charge is 2.33. The molecule has 0 bridgehead atoms. The smallest absolute Gasteiger partial charge is 0.119 e. The average Bonchev–Trinajstić information content (AvgIpc) is 2.35. The molecule has 2 rings (SSSR count). The zero-order valence-electron chi connectivity index (χ0n) is 11.5. The van der Waals surface area contributed by atoms with Crippen LogP contribution in [0.2, 0.25) is 0 Å². The molecule has 1 aliphatic heterocycles. The zero-order valence-corrected chi connectivity index (χ0v) is 11.5. The van der Waals surface area contributed by atoms with E-state index in [-0.39, 0.29) is 0 Å². The van der Waals surface area contributed by atoms with Crippen molar-refractivity contribution >= 4 is 0 Å². The molecule has 0 spiro atoms. The van der Waals surface area contributed by atoms with Gasteiger partial charge in [-0.05, 0) is 31.5 Å². The van der Waals surface area contributed by atoms with E-state index in [4.69, 9.17) is 9.47 Å². The Hall–Kier alpha value is -1.06. The van der Waals surface area contributed by atoms with Gasteiger partial charge in [0.2, 0.25) is 0 Å². The van der Waals surface area contributed by atoms with Crippen LogP contribution in [0.3, 0.4) is 0 Å². The fourth-order valence-corrected chi connectivity index (χ4v) is 2.09. The molecule has 1 atom stereocenters. The van der Waals surface area contributed by atoms with Gasteiger partial charge in [-0.15, -0.1) is 0 Å². The molecule has 0 amide bonds. The van der Waals surface area contributed by atoms with Crippen LogP contribution in [-0.2, 0) is 4.74 Å². The second-order valence-corrected chi connectivity index (χ2v) is 5.41. The highest BCUT2D eigenvalue weighted by atomic mass is 16.5. The number of nitrogens with one attached hydrogen (secondary N) is 1. The molecule has 1 aromatic carbocycles. The summed E-state index contributed by atoms with van der Waals surface area (Å²) in [5.74, 6) is 0.938. The van der Waals surface area contributed by atoms with Crippen LogP contribution in [0.15, 0.2) is 24.3 Å². The van der Waals surface area contributed by atoms with Crippen molar-refractivity contribution in [3.63, 3.8) is 0 Å². The summed E-state index contributed by atoms with van der Waals surface area (Å²) in [5, 5.41) is 3.57. The van der Waals surface area contributed by atoms with E-state index in [1.165, 1.54) is 5.56 Å². The Morgan fingerprint density at radius 1 is 1.33 bits per heavy atom. The van der Waals surface area contributed by atoms with Crippen molar-refractivity contribution in [1.29, 1.82) is 0 Å². The molecular formula is C15H23NO2. The van der Waals surface area contributed by atoms with Gasteiger partial charge >= 0.3 is 0 Å². The first-order chi connectivity index (χ1) is 8.63. The number of hydrogen-bond acceptors (Lipinski definition) is 3. The van der Waals surface area contributed by atoms with E-state index in [9.17, 15) is 0 Å². The Morgan fingerprint density at radius 3 is 2.50 bits per heavy atom. The van der Waals surface area contributed by atoms with Gasteiger partial charge < -0.3 is 14.8 Å². The molecule has 0 aromatic heterocycles. The monoisotopic (exact) mass is 249 g/mol. The van der Waals surface area contributed by atoms with Gasteiger partial charge in [-0.1, -0.05) is 19.1 Å². The number of hydrogen-bond donors (Lipinski definition) is 1. The predicted molar refractivity (Wildman–Crippen MR) is 73.0 cm³/mol. The van der Waals surface area contributed by atoms with Crippen molar-refractivity contribution in [2.45, 2.75) is 26.8 Å². The standard InChI is InChI=1S/C15H23NO2/c1-4-18-14-7-5-13(6-8-14)12(2)16-9-15(3)10-17-11-15/h5-8,12,16H,4,9-11H2,1-3H3. The molecule has 1 fully saturated rings. The molecule has 1 aromatic rings. The Morgan fingerprint density at radius 2 is 2.00 bits per heavy atom. The van der Waals surface area contributed by atoms with Gasteiger partial charge in [0.15, 0.2) is 0 Å². The minimum absolute atomic E-state index is 0.319. The molecule has 1 saturated heterocycles. The van der Waals surface area contributed by atoms with Crippen molar-refractivity contribution in [3.8, 4) is 5.75 Å². The summed E-state index contributed by atoms with van der Waals surface area (Å²) >= 11 is 0. The van der Waals surface area contributed by atoms with Crippen LogP contribution in [0.25, 0.3) is 0 Å². The quantitative estimate of drug-likeness (QED) is 0.841. The molecule has 1 unspecified atom stereocenters. The van der Waals surface area contributed by atoms with Crippen LogP contribution in [0, 0.1) is 5.41 Å². The maximum atomic E-state index is 5.44. The van der Waals surface area contributed by atoms with Gasteiger partial charge in [-0.3, -0.25) is 0 Å². The fraction of sp³-hybridized carbons (Fsp3) is 0.600. The van der Waals surface area contributed by atoms with Gasteiger partial charge in [0.05, 0.1) is 19.8 Å². The van der Waals surface area contributed by atoms with Crippen LogP contribution < -0.4 is 10.1 Å². The maximum absolute atomic E-state index is 5.44. The third kappa shape index (κ3) is 3.24. The lowest BCUT2D eigenvalue weighted by Gasteiger charge is -2.39. The van der Waals surface area contributed by atoms with E-state index < -0.39 is 0 Å². The molecule has 3 heteroatoms. The normalized spacial score (nSPS) is 19.1. The summed E-state index contributed by atoms with van der Waals surface area (Å²) in [5.41, 5.74) is 1.61. The van der Waals surface area contributed by atoms with E-state index in [2.05, 4.69) is 31.3 Å². The van der Waals surface area contributed by atoms with Gasteiger partial charge in [-0.2, -0.15) is 0 Å². The van der Waals surface area contributed by atoms with E-state index in [1.807, 2.05) is 19.1 Å². The third-order valence-electron chi connectivity index (χ3n) is 3.43. The summed E-state index contributed by atoms with van der Waals surface area (Å²) in [4.78, 5) is 0. The lowest BCUT2D eigenvalue weighted by Crippen LogP contribution is -2.47. The second kappa shape index (κ2) is 5.72. The molecule has 0 saturated carbocycles. The maximum Gasteiger partial charge on any atom is 0.119 e. The molecule has 0 radical (unpaired) electrons. The van der Waals surface area contributed by atoms with Crippen molar-refractivity contribution in [1.82, 2.24) is 5.32 Å². The second-order valence-electron chi connectivity index (χ2n) is 5.41. The molecular weight excluding hydrogens is 226 g/mol. The third-order valence-corrected chi connectivity index (χ3v) is 3.43. The van der Waals surface area contributed by atoms with Gasteiger partial charge in [0.25, 0.3) is 0 Å². The molecule has 0 aliphatic carbocycles. The Kier molecular flexibility index (Phi) is 4.25. The minimum atomic E-state index is 0.319. The number of rotatable bonds is 6. The van der Waals surface area contributed by atoms with Crippen molar-refractivity contribution in [2.75, 3.05) is 26.4 Å². The van der Waals surface area contributed by atoms with E-state index in [0.717, 1.165) is 25.5 Å². The van der Waals surface area contributed by atoms with Crippen molar-refractivity contribution in [3.05, 3.63) is 29.8 Å². The topological polar surface area (TPSA) is 30.5 Å². The molecule has 18 heavy (non-hydrogen) atoms. The highest BCUT2D eigenvalue weighted by Crippen LogP contribution is 2.26. The van der Waals surface area contributed by atoms with E-state index >= 15 is 0 Å². The predicted octanol–water partition coefficient (Wildman–Crippen LogP) is 2.77. The largest absolute Gasteiger partial charge is 0.494 e. The molecule has 1 aliphatic rings.